The van der Waals surface area contributed by atoms with Crippen LogP contribution < -0.4 is 15.2 Å². The summed E-state index contributed by atoms with van der Waals surface area (Å²) in [4.78, 5) is 12.6. The van der Waals surface area contributed by atoms with Crippen LogP contribution in [0, 0.1) is 0 Å². The maximum absolute atomic E-state index is 12.6. The summed E-state index contributed by atoms with van der Waals surface area (Å²) in [6.45, 7) is 0. The minimum Gasteiger partial charge on any atom is -0.497 e. The Morgan fingerprint density at radius 1 is 1.05 bits per heavy atom. The molecule has 0 heterocycles. The van der Waals surface area contributed by atoms with Crippen molar-refractivity contribution in [3.8, 4) is 11.5 Å². The molecule has 0 fully saturated rings. The Labute approximate surface area is 132 Å². The lowest BCUT2D eigenvalue weighted by molar-refractivity contribution is 0.103. The quantitative estimate of drug-likeness (QED) is 0.685. The third-order valence-electron chi connectivity index (χ3n) is 2.99. The fourth-order valence-electron chi connectivity index (χ4n) is 1.86. The number of ether oxygens (including phenoxy) is 2. The highest BCUT2D eigenvalue weighted by Crippen LogP contribution is 2.32. The molecule has 4 nitrogen and oxygen atoms in total. The molecular formula is C15H13Cl2NO3. The van der Waals surface area contributed by atoms with Gasteiger partial charge >= 0.3 is 0 Å². The molecule has 2 aromatic rings. The summed E-state index contributed by atoms with van der Waals surface area (Å²) in [7, 11) is 3.02. The van der Waals surface area contributed by atoms with E-state index in [4.69, 9.17) is 38.4 Å². The summed E-state index contributed by atoms with van der Waals surface area (Å²) in [6.07, 6.45) is 0. The maximum atomic E-state index is 12.6. The number of anilines is 1. The minimum atomic E-state index is -0.265. The van der Waals surface area contributed by atoms with Gasteiger partial charge in [-0.05, 0) is 24.3 Å². The van der Waals surface area contributed by atoms with E-state index >= 15 is 0 Å². The molecule has 0 aliphatic carbocycles. The predicted octanol–water partition coefficient (Wildman–Crippen LogP) is 3.82. The first-order chi connectivity index (χ1) is 9.97. The summed E-state index contributed by atoms with van der Waals surface area (Å²) in [5.74, 6) is 0.735. The van der Waals surface area contributed by atoms with E-state index in [9.17, 15) is 4.79 Å². The number of ketones is 1. The number of rotatable bonds is 4. The molecule has 0 unspecified atom stereocenters. The molecule has 6 heteroatoms. The van der Waals surface area contributed by atoms with Gasteiger partial charge in [-0.3, -0.25) is 4.79 Å². The Morgan fingerprint density at radius 3 is 2.19 bits per heavy atom. The van der Waals surface area contributed by atoms with Crippen molar-refractivity contribution in [3.63, 3.8) is 0 Å². The van der Waals surface area contributed by atoms with Gasteiger partial charge in [-0.2, -0.15) is 0 Å². The van der Waals surface area contributed by atoms with Crippen molar-refractivity contribution in [1.82, 2.24) is 0 Å². The van der Waals surface area contributed by atoms with E-state index in [-0.39, 0.29) is 21.5 Å². The predicted molar refractivity (Wildman–Crippen MR) is 83.9 cm³/mol. The fraction of sp³-hybridized carbons (Fsp3) is 0.133. The molecule has 0 aliphatic rings. The molecule has 21 heavy (non-hydrogen) atoms. The van der Waals surface area contributed by atoms with Crippen molar-refractivity contribution in [3.05, 3.63) is 51.5 Å². The van der Waals surface area contributed by atoms with Crippen LogP contribution in [0.2, 0.25) is 10.0 Å². The number of hydrogen-bond acceptors (Lipinski definition) is 4. The van der Waals surface area contributed by atoms with Gasteiger partial charge in [-0.1, -0.05) is 23.2 Å². The Morgan fingerprint density at radius 2 is 1.67 bits per heavy atom. The second-order valence-corrected chi connectivity index (χ2v) is 5.06. The van der Waals surface area contributed by atoms with Crippen LogP contribution in [0.5, 0.6) is 11.5 Å². The van der Waals surface area contributed by atoms with Crippen LogP contribution in [0.1, 0.15) is 15.9 Å². The van der Waals surface area contributed by atoms with E-state index < -0.39 is 0 Å². The molecule has 0 bridgehead atoms. The zero-order valence-electron chi connectivity index (χ0n) is 11.4. The first-order valence-corrected chi connectivity index (χ1v) is 6.74. The van der Waals surface area contributed by atoms with E-state index in [0.29, 0.717) is 22.6 Å². The summed E-state index contributed by atoms with van der Waals surface area (Å²) in [5, 5.41) is 0.469. The average Bonchev–Trinajstić information content (AvgIpc) is 2.50. The van der Waals surface area contributed by atoms with Gasteiger partial charge in [-0.15, -0.1) is 0 Å². The molecule has 0 radical (unpaired) electrons. The smallest absolute Gasteiger partial charge is 0.196 e. The molecular weight excluding hydrogens is 313 g/mol. The van der Waals surface area contributed by atoms with E-state index in [0.717, 1.165) is 0 Å². The topological polar surface area (TPSA) is 61.5 Å². The summed E-state index contributed by atoms with van der Waals surface area (Å²) >= 11 is 11.9. The zero-order chi connectivity index (χ0) is 15.6. The largest absolute Gasteiger partial charge is 0.497 e. The Balaban J connectivity index is 2.49. The van der Waals surface area contributed by atoms with E-state index in [1.54, 1.807) is 18.2 Å². The Kier molecular flexibility index (Phi) is 4.60. The monoisotopic (exact) mass is 325 g/mol. The van der Waals surface area contributed by atoms with Gasteiger partial charge in [0.25, 0.3) is 0 Å². The Bertz CT molecular complexity index is 678. The molecule has 2 rings (SSSR count). The normalized spacial score (nSPS) is 10.3. The van der Waals surface area contributed by atoms with E-state index in [1.165, 1.54) is 26.4 Å². The van der Waals surface area contributed by atoms with Crippen LogP contribution in [-0.2, 0) is 0 Å². The third kappa shape index (κ3) is 3.06. The Hall–Kier alpha value is -1.91. The van der Waals surface area contributed by atoms with Crippen LogP contribution in [0.25, 0.3) is 0 Å². The fourth-order valence-corrected chi connectivity index (χ4v) is 2.34. The number of carbonyl (C=O) groups excluding carboxylic acids is 1. The molecule has 0 aliphatic heterocycles. The van der Waals surface area contributed by atoms with Gasteiger partial charge < -0.3 is 15.2 Å². The first kappa shape index (κ1) is 15.5. The third-order valence-corrected chi connectivity index (χ3v) is 3.62. The van der Waals surface area contributed by atoms with Gasteiger partial charge in [0.15, 0.2) is 5.78 Å². The first-order valence-electron chi connectivity index (χ1n) is 5.99. The molecule has 0 aromatic heterocycles. The zero-order valence-corrected chi connectivity index (χ0v) is 13.0. The van der Waals surface area contributed by atoms with E-state index in [2.05, 4.69) is 0 Å². The molecule has 0 saturated carbocycles. The number of nitrogen functional groups attached to an aromatic ring is 1. The summed E-state index contributed by atoms with van der Waals surface area (Å²) < 4.78 is 10.3. The van der Waals surface area contributed by atoms with Crippen LogP contribution in [0.3, 0.4) is 0 Å². The molecule has 2 aromatic carbocycles. The van der Waals surface area contributed by atoms with Crippen molar-refractivity contribution < 1.29 is 14.3 Å². The maximum Gasteiger partial charge on any atom is 0.196 e. The highest BCUT2D eigenvalue weighted by atomic mass is 35.5. The molecule has 0 spiro atoms. The lowest BCUT2D eigenvalue weighted by atomic mass is 10.0. The van der Waals surface area contributed by atoms with Crippen molar-refractivity contribution in [1.29, 1.82) is 0 Å². The molecule has 110 valence electrons. The van der Waals surface area contributed by atoms with Gasteiger partial charge in [0.05, 0.1) is 35.5 Å². The number of carbonyl (C=O) groups is 1. The van der Waals surface area contributed by atoms with Gasteiger partial charge in [0.1, 0.15) is 11.5 Å². The van der Waals surface area contributed by atoms with Gasteiger partial charge in [0, 0.05) is 11.6 Å². The summed E-state index contributed by atoms with van der Waals surface area (Å²) in [6, 6.07) is 7.89. The molecule has 0 saturated heterocycles. The highest BCUT2D eigenvalue weighted by Gasteiger charge is 2.17. The van der Waals surface area contributed by atoms with Crippen molar-refractivity contribution in [2.45, 2.75) is 0 Å². The lowest BCUT2D eigenvalue weighted by Gasteiger charge is -2.11. The van der Waals surface area contributed by atoms with Crippen LogP contribution >= 0.6 is 23.2 Å². The lowest BCUT2D eigenvalue weighted by Crippen LogP contribution is -2.05. The summed E-state index contributed by atoms with van der Waals surface area (Å²) in [5.41, 5.74) is 6.63. The van der Waals surface area contributed by atoms with Gasteiger partial charge in [0.2, 0.25) is 0 Å². The van der Waals surface area contributed by atoms with E-state index in [1.807, 2.05) is 0 Å². The van der Waals surface area contributed by atoms with Crippen LogP contribution in [0.15, 0.2) is 30.3 Å². The highest BCUT2D eigenvalue weighted by molar-refractivity contribution is 6.39. The number of hydrogen-bond donors (Lipinski definition) is 1. The van der Waals surface area contributed by atoms with Crippen molar-refractivity contribution >= 4 is 34.7 Å². The number of methoxy groups -OCH3 is 2. The van der Waals surface area contributed by atoms with Crippen molar-refractivity contribution in [2.75, 3.05) is 20.0 Å². The SMILES string of the molecule is COc1ccc(C(=O)c2cc(Cl)c(N)c(Cl)c2)c(OC)c1. The number of benzene rings is 2. The second-order valence-electron chi connectivity index (χ2n) is 4.25. The standard InChI is InChI=1S/C15H13Cl2NO3/c1-20-9-3-4-10(13(7-9)21-2)15(19)8-5-11(16)14(18)12(17)6-8/h3-7H,18H2,1-2H3. The molecule has 2 N–H and O–H groups in total. The van der Waals surface area contributed by atoms with Crippen molar-refractivity contribution in [2.24, 2.45) is 0 Å². The number of halogens is 2. The minimum absolute atomic E-state index is 0.235. The molecule has 0 amide bonds. The average molecular weight is 326 g/mol. The second kappa shape index (κ2) is 6.24. The van der Waals surface area contributed by atoms with Gasteiger partial charge in [-0.25, -0.2) is 0 Å². The van der Waals surface area contributed by atoms with Crippen LogP contribution in [0.4, 0.5) is 5.69 Å². The molecule has 0 atom stereocenters. The van der Waals surface area contributed by atoms with Crippen LogP contribution in [-0.4, -0.2) is 20.0 Å². The number of nitrogens with two attached hydrogens (primary N) is 1.